The molecule has 0 N–H and O–H groups in total. The lowest BCUT2D eigenvalue weighted by Crippen LogP contribution is -1.79. The van der Waals surface area contributed by atoms with Crippen LogP contribution < -0.4 is 0 Å². The van der Waals surface area contributed by atoms with Crippen molar-refractivity contribution >= 4 is 53.9 Å². The third-order valence-corrected chi connectivity index (χ3v) is 4.98. The van der Waals surface area contributed by atoms with Gasteiger partial charge in [0.2, 0.25) is 0 Å². The van der Waals surface area contributed by atoms with Crippen LogP contribution in [0.1, 0.15) is 10.0 Å². The van der Waals surface area contributed by atoms with Crippen LogP contribution in [0.3, 0.4) is 0 Å². The first kappa shape index (κ1) is 10.4. The number of fused-ring (bicyclic) bond motifs is 5. The van der Waals surface area contributed by atoms with Crippen LogP contribution in [-0.2, 0) is 0 Å². The van der Waals surface area contributed by atoms with Crippen molar-refractivity contribution in [3.8, 4) is 0 Å². The highest BCUT2D eigenvalue weighted by molar-refractivity contribution is 7.19. The Balaban J connectivity index is 2.36. The maximum atomic E-state index is 4.68. The number of thiazole rings is 2. The van der Waals surface area contributed by atoms with Crippen molar-refractivity contribution in [1.82, 2.24) is 9.97 Å². The zero-order valence-electron chi connectivity index (χ0n) is 10.0. The summed E-state index contributed by atoms with van der Waals surface area (Å²) in [6.07, 6.45) is 0. The maximum absolute atomic E-state index is 4.68. The Labute approximate surface area is 112 Å². The second-order valence-corrected chi connectivity index (χ2v) is 6.86. The molecule has 0 spiro atoms. The van der Waals surface area contributed by atoms with Crippen LogP contribution in [0.25, 0.3) is 31.2 Å². The molecule has 4 aromatic rings. The Morgan fingerprint density at radius 3 is 1.78 bits per heavy atom. The van der Waals surface area contributed by atoms with Gasteiger partial charge in [0.1, 0.15) is 0 Å². The van der Waals surface area contributed by atoms with E-state index in [-0.39, 0.29) is 0 Å². The molecular weight excluding hydrogens is 260 g/mol. The first-order valence-corrected chi connectivity index (χ1v) is 7.42. The Hall–Kier alpha value is -1.52. The molecule has 2 aromatic heterocycles. The highest BCUT2D eigenvalue weighted by Gasteiger charge is 2.11. The number of benzene rings is 2. The zero-order valence-corrected chi connectivity index (χ0v) is 11.7. The summed E-state index contributed by atoms with van der Waals surface area (Å²) in [6, 6.07) is 8.66. The van der Waals surface area contributed by atoms with E-state index in [1.807, 2.05) is 0 Å². The summed E-state index contributed by atoms with van der Waals surface area (Å²) in [4.78, 5) is 9.37. The first-order chi connectivity index (χ1) is 8.72. The monoisotopic (exact) mass is 270 g/mol. The van der Waals surface area contributed by atoms with E-state index in [2.05, 4.69) is 48.1 Å². The van der Waals surface area contributed by atoms with Crippen LogP contribution in [0, 0.1) is 13.8 Å². The van der Waals surface area contributed by atoms with Crippen molar-refractivity contribution in [2.24, 2.45) is 0 Å². The third kappa shape index (κ3) is 1.33. The van der Waals surface area contributed by atoms with Crippen molar-refractivity contribution < 1.29 is 0 Å². The number of hydrogen-bond donors (Lipinski definition) is 0. The molecule has 88 valence electrons. The molecule has 0 unspecified atom stereocenters. The van der Waals surface area contributed by atoms with Gasteiger partial charge in [0.15, 0.2) is 0 Å². The molecule has 0 aliphatic heterocycles. The highest BCUT2D eigenvalue weighted by atomic mass is 32.1. The molecule has 0 atom stereocenters. The molecule has 2 nitrogen and oxygen atoms in total. The molecule has 0 aliphatic carbocycles. The molecule has 0 fully saturated rings. The van der Waals surface area contributed by atoms with Gasteiger partial charge in [0.05, 0.1) is 30.4 Å². The van der Waals surface area contributed by atoms with Gasteiger partial charge in [-0.15, -0.1) is 22.7 Å². The van der Waals surface area contributed by atoms with E-state index in [9.17, 15) is 0 Å². The van der Waals surface area contributed by atoms with Gasteiger partial charge in [-0.2, -0.15) is 0 Å². The van der Waals surface area contributed by atoms with Gasteiger partial charge < -0.3 is 0 Å². The minimum Gasteiger partial charge on any atom is -0.241 e. The van der Waals surface area contributed by atoms with Gasteiger partial charge in [-0.3, -0.25) is 0 Å². The van der Waals surface area contributed by atoms with E-state index in [1.54, 1.807) is 22.7 Å². The summed E-state index contributed by atoms with van der Waals surface area (Å²) in [5, 5.41) is 4.66. The Kier molecular flexibility index (Phi) is 2.02. The van der Waals surface area contributed by atoms with Gasteiger partial charge in [-0.1, -0.05) is 12.1 Å². The van der Waals surface area contributed by atoms with E-state index < -0.39 is 0 Å². The Morgan fingerprint density at radius 1 is 0.778 bits per heavy atom. The fourth-order valence-electron chi connectivity index (χ4n) is 2.41. The lowest BCUT2D eigenvalue weighted by atomic mass is 10.1. The summed E-state index contributed by atoms with van der Waals surface area (Å²) in [6.45, 7) is 4.12. The molecule has 0 bridgehead atoms. The average molecular weight is 270 g/mol. The van der Waals surface area contributed by atoms with Crippen LogP contribution in [0.15, 0.2) is 24.3 Å². The molecular formula is C14H10N2S2. The van der Waals surface area contributed by atoms with Gasteiger partial charge in [-0.05, 0) is 31.4 Å². The van der Waals surface area contributed by atoms with E-state index in [1.165, 1.54) is 20.2 Å². The smallest absolute Gasteiger partial charge is 0.0915 e. The van der Waals surface area contributed by atoms with Crippen molar-refractivity contribution in [1.29, 1.82) is 0 Å². The molecule has 4 heteroatoms. The SMILES string of the molecule is Cc1nc2c(ccc3ccc4sc(C)nc4c32)s1. The van der Waals surface area contributed by atoms with Gasteiger partial charge >= 0.3 is 0 Å². The minimum absolute atomic E-state index is 1.10. The number of aryl methyl sites for hydroxylation is 2. The molecule has 0 radical (unpaired) electrons. The van der Waals surface area contributed by atoms with Crippen molar-refractivity contribution in [2.45, 2.75) is 13.8 Å². The Bertz CT molecular complexity index is 831. The summed E-state index contributed by atoms with van der Waals surface area (Å²) in [5.74, 6) is 0. The summed E-state index contributed by atoms with van der Waals surface area (Å²) in [7, 11) is 0. The van der Waals surface area contributed by atoms with E-state index in [4.69, 9.17) is 0 Å². The predicted molar refractivity (Wildman–Crippen MR) is 79.8 cm³/mol. The first-order valence-electron chi connectivity index (χ1n) is 5.78. The van der Waals surface area contributed by atoms with E-state index in [0.717, 1.165) is 21.0 Å². The number of rotatable bonds is 0. The molecule has 4 rings (SSSR count). The number of nitrogens with zero attached hydrogens (tertiary/aromatic N) is 2. The van der Waals surface area contributed by atoms with Crippen LogP contribution in [0.5, 0.6) is 0 Å². The quantitative estimate of drug-likeness (QED) is 0.464. The topological polar surface area (TPSA) is 25.8 Å². The maximum Gasteiger partial charge on any atom is 0.0915 e. The summed E-state index contributed by atoms with van der Waals surface area (Å²) >= 11 is 3.49. The normalized spacial score (nSPS) is 11.9. The second kappa shape index (κ2) is 3.49. The largest absolute Gasteiger partial charge is 0.241 e. The number of hydrogen-bond acceptors (Lipinski definition) is 4. The predicted octanol–water partition coefficient (Wildman–Crippen LogP) is 4.68. The van der Waals surface area contributed by atoms with E-state index >= 15 is 0 Å². The van der Waals surface area contributed by atoms with Gasteiger partial charge in [0.25, 0.3) is 0 Å². The van der Waals surface area contributed by atoms with Crippen molar-refractivity contribution in [2.75, 3.05) is 0 Å². The molecule has 0 amide bonds. The van der Waals surface area contributed by atoms with Gasteiger partial charge in [0, 0.05) is 5.39 Å². The van der Waals surface area contributed by atoms with Crippen LogP contribution in [-0.4, -0.2) is 9.97 Å². The minimum atomic E-state index is 1.10. The summed E-state index contributed by atoms with van der Waals surface area (Å²) < 4.78 is 2.50. The van der Waals surface area contributed by atoms with Crippen LogP contribution in [0.4, 0.5) is 0 Å². The van der Waals surface area contributed by atoms with Crippen molar-refractivity contribution in [3.63, 3.8) is 0 Å². The molecule has 2 aromatic carbocycles. The van der Waals surface area contributed by atoms with Crippen LogP contribution >= 0.6 is 22.7 Å². The molecule has 0 aliphatic rings. The fourth-order valence-corrected chi connectivity index (χ4v) is 4.08. The van der Waals surface area contributed by atoms with E-state index in [0.29, 0.717) is 0 Å². The van der Waals surface area contributed by atoms with Crippen LogP contribution in [0.2, 0.25) is 0 Å². The average Bonchev–Trinajstić information content (AvgIpc) is 2.88. The second-order valence-electron chi connectivity index (χ2n) is 4.39. The van der Waals surface area contributed by atoms with Crippen molar-refractivity contribution in [3.05, 3.63) is 34.3 Å². The lowest BCUT2D eigenvalue weighted by molar-refractivity contribution is 1.34. The standard InChI is InChI=1S/C14H10N2S2/c1-7-15-13-10(17-7)5-3-9-4-6-11-14(12(9)13)16-8(2)18-11/h3-6H,1-2H3. The molecule has 18 heavy (non-hydrogen) atoms. The Morgan fingerprint density at radius 2 is 1.28 bits per heavy atom. The third-order valence-electron chi connectivity index (χ3n) is 3.11. The fraction of sp³-hybridized carbons (Fsp3) is 0.143. The summed E-state index contributed by atoms with van der Waals surface area (Å²) in [5.41, 5.74) is 2.21. The highest BCUT2D eigenvalue weighted by Crippen LogP contribution is 2.35. The molecule has 2 heterocycles. The number of aromatic nitrogens is 2. The lowest BCUT2D eigenvalue weighted by Gasteiger charge is -1.99. The molecule has 0 saturated carbocycles. The van der Waals surface area contributed by atoms with Gasteiger partial charge in [-0.25, -0.2) is 9.97 Å². The molecule has 0 saturated heterocycles. The zero-order chi connectivity index (χ0) is 12.3.